The Morgan fingerprint density at radius 1 is 1.09 bits per heavy atom. The van der Waals surface area contributed by atoms with Gasteiger partial charge in [0.2, 0.25) is 0 Å². The van der Waals surface area contributed by atoms with Gasteiger partial charge in [0, 0.05) is 73.5 Å². The number of H-pyrrole nitrogens is 1. The zero-order chi connectivity index (χ0) is 29.7. The molecule has 0 radical (unpaired) electrons. The van der Waals surface area contributed by atoms with Crippen molar-refractivity contribution in [3.8, 4) is 11.1 Å². The van der Waals surface area contributed by atoms with Crippen LogP contribution >= 0.6 is 0 Å². The van der Waals surface area contributed by atoms with Gasteiger partial charge in [0.15, 0.2) is 5.82 Å². The number of esters is 1. The van der Waals surface area contributed by atoms with E-state index in [4.69, 9.17) is 9.84 Å². The molecule has 1 amide bonds. The monoisotopic (exact) mass is 585 g/mol. The molecule has 2 aliphatic heterocycles. The summed E-state index contributed by atoms with van der Waals surface area (Å²) in [6.45, 7) is 7.11. The number of aromatic amines is 1. The minimum absolute atomic E-state index is 0.0971. The van der Waals surface area contributed by atoms with Gasteiger partial charge in [0.05, 0.1) is 35.2 Å². The predicted molar refractivity (Wildman–Crippen MR) is 158 cm³/mol. The third-order valence-corrected chi connectivity index (χ3v) is 9.53. The molecule has 0 spiro atoms. The van der Waals surface area contributed by atoms with Gasteiger partial charge in [-0.25, -0.2) is 14.2 Å². The number of ether oxygens (including phenoxy) is 1. The van der Waals surface area contributed by atoms with Crippen LogP contribution in [0.1, 0.15) is 65.4 Å². The number of amides is 1. The largest absolute Gasteiger partial charge is 0.462 e. The van der Waals surface area contributed by atoms with Crippen molar-refractivity contribution in [2.75, 3.05) is 32.8 Å². The Hall–Kier alpha value is -4.12. The molecule has 224 valence electrons. The average Bonchev–Trinajstić information content (AvgIpc) is 3.48. The number of carbonyl (C=O) groups excluding carboxylic acids is 2. The summed E-state index contributed by atoms with van der Waals surface area (Å²) in [6.07, 6.45) is 13.6. The highest BCUT2D eigenvalue weighted by molar-refractivity contribution is 6.06. The van der Waals surface area contributed by atoms with E-state index in [-0.39, 0.29) is 28.7 Å². The Bertz CT molecular complexity index is 1680. The van der Waals surface area contributed by atoms with Gasteiger partial charge in [-0.1, -0.05) is 6.92 Å². The molecule has 1 N–H and O–H groups in total. The number of aryl methyl sites for hydroxylation is 1. The second-order valence-corrected chi connectivity index (χ2v) is 12.3. The molecule has 1 aliphatic carbocycles. The first kappa shape index (κ1) is 27.7. The minimum atomic E-state index is -0.532. The van der Waals surface area contributed by atoms with Crippen LogP contribution in [0.3, 0.4) is 0 Å². The maximum Gasteiger partial charge on any atom is 0.340 e. The van der Waals surface area contributed by atoms with E-state index < -0.39 is 5.82 Å². The molecule has 7 rings (SSSR count). The number of pyridine rings is 2. The molecule has 1 saturated carbocycles. The van der Waals surface area contributed by atoms with E-state index in [1.54, 1.807) is 18.0 Å². The highest BCUT2D eigenvalue weighted by atomic mass is 19.1. The third-order valence-electron chi connectivity index (χ3n) is 9.53. The number of aromatic nitrogens is 5. The van der Waals surface area contributed by atoms with Crippen molar-refractivity contribution in [1.29, 1.82) is 0 Å². The van der Waals surface area contributed by atoms with Crippen LogP contribution in [0, 0.1) is 18.7 Å². The summed E-state index contributed by atoms with van der Waals surface area (Å²) in [7, 11) is 0. The molecule has 10 nitrogen and oxygen atoms in total. The number of nitrogens with one attached hydrogen (secondary N) is 1. The lowest BCUT2D eigenvalue weighted by Crippen LogP contribution is -2.66. The highest BCUT2D eigenvalue weighted by Gasteiger charge is 2.47. The van der Waals surface area contributed by atoms with Gasteiger partial charge < -0.3 is 14.6 Å². The summed E-state index contributed by atoms with van der Waals surface area (Å²) < 4.78 is 22.2. The standard InChI is InChI=1S/C32H36FN7O3/c1-3-32(18-39(19-32)23-8-12-38(13-9-23)30(41)25-7-10-34-20(2)28(25)33)40-16-22(14-37-40)27-24-6-11-35-29(24)36-15-26(27)31(42)43-17-21-4-5-21/h6-7,10-11,14-16,21,23H,3-5,8-9,12-13,17-19H2,1-2H3,(H,35,36). The molecule has 6 heterocycles. The van der Waals surface area contributed by atoms with Gasteiger partial charge in [-0.05, 0) is 57.1 Å². The molecule has 11 heteroatoms. The van der Waals surface area contributed by atoms with Crippen LogP contribution in [-0.4, -0.2) is 85.2 Å². The van der Waals surface area contributed by atoms with Crippen molar-refractivity contribution in [3.05, 3.63) is 65.8 Å². The Morgan fingerprint density at radius 3 is 2.63 bits per heavy atom. The van der Waals surface area contributed by atoms with Gasteiger partial charge in [0.1, 0.15) is 5.65 Å². The van der Waals surface area contributed by atoms with E-state index >= 15 is 0 Å². The van der Waals surface area contributed by atoms with Crippen molar-refractivity contribution in [2.45, 2.75) is 57.5 Å². The summed E-state index contributed by atoms with van der Waals surface area (Å²) >= 11 is 0. The van der Waals surface area contributed by atoms with Crippen LogP contribution in [0.4, 0.5) is 4.39 Å². The molecular formula is C32H36FN7O3. The molecule has 4 aromatic rings. The average molecular weight is 586 g/mol. The van der Waals surface area contributed by atoms with Crippen molar-refractivity contribution in [1.82, 2.24) is 34.5 Å². The SMILES string of the molecule is CCC1(n2cc(-c3c(C(=O)OCC4CC4)cnc4[nH]ccc34)cn2)CN(C2CCN(C(=O)c3ccnc(C)c3F)CC2)C1. The van der Waals surface area contributed by atoms with Gasteiger partial charge in [0.25, 0.3) is 5.91 Å². The Morgan fingerprint density at radius 2 is 1.88 bits per heavy atom. The summed E-state index contributed by atoms with van der Waals surface area (Å²) in [5.74, 6) is -0.668. The van der Waals surface area contributed by atoms with E-state index in [1.807, 2.05) is 24.7 Å². The topological polar surface area (TPSA) is 109 Å². The number of likely N-dealkylation sites (tertiary alicyclic amines) is 2. The number of rotatable bonds is 8. The number of hydrogen-bond acceptors (Lipinski definition) is 7. The molecule has 0 aromatic carbocycles. The van der Waals surface area contributed by atoms with Gasteiger partial charge in [-0.2, -0.15) is 5.10 Å². The lowest BCUT2D eigenvalue weighted by molar-refractivity contribution is -0.0458. The van der Waals surface area contributed by atoms with E-state index in [0.29, 0.717) is 42.9 Å². The first-order valence-corrected chi connectivity index (χ1v) is 15.2. The van der Waals surface area contributed by atoms with Crippen molar-refractivity contribution >= 4 is 22.9 Å². The van der Waals surface area contributed by atoms with E-state index in [0.717, 1.165) is 61.7 Å². The normalized spacial score (nSPS) is 19.0. The van der Waals surface area contributed by atoms with Crippen LogP contribution in [0.15, 0.2) is 43.1 Å². The first-order valence-electron chi connectivity index (χ1n) is 15.2. The number of halogens is 1. The summed E-state index contributed by atoms with van der Waals surface area (Å²) in [5.41, 5.74) is 3.01. The maximum absolute atomic E-state index is 14.5. The molecule has 4 aromatic heterocycles. The summed E-state index contributed by atoms with van der Waals surface area (Å²) in [4.78, 5) is 41.9. The summed E-state index contributed by atoms with van der Waals surface area (Å²) in [6, 6.07) is 3.76. The van der Waals surface area contributed by atoms with Crippen molar-refractivity contribution in [2.24, 2.45) is 5.92 Å². The van der Waals surface area contributed by atoms with Gasteiger partial charge in [-0.15, -0.1) is 0 Å². The number of fused-ring (bicyclic) bond motifs is 1. The molecule has 0 bridgehead atoms. The Kier molecular flexibility index (Phi) is 6.99. The molecule has 0 unspecified atom stereocenters. The number of piperidine rings is 1. The fourth-order valence-electron chi connectivity index (χ4n) is 6.56. The molecule has 2 saturated heterocycles. The fourth-order valence-corrected chi connectivity index (χ4v) is 6.56. The first-order chi connectivity index (χ1) is 20.9. The van der Waals surface area contributed by atoms with Crippen LogP contribution in [-0.2, 0) is 10.3 Å². The van der Waals surface area contributed by atoms with E-state index in [9.17, 15) is 14.0 Å². The highest BCUT2D eigenvalue weighted by Crippen LogP contribution is 2.39. The Balaban J connectivity index is 1.04. The third kappa shape index (κ3) is 4.99. The molecular weight excluding hydrogens is 549 g/mol. The number of carbonyl (C=O) groups is 2. The molecule has 3 fully saturated rings. The number of hydrogen-bond donors (Lipinski definition) is 1. The van der Waals surface area contributed by atoms with Crippen LogP contribution in [0.25, 0.3) is 22.2 Å². The van der Waals surface area contributed by atoms with Crippen LogP contribution in [0.2, 0.25) is 0 Å². The van der Waals surface area contributed by atoms with Gasteiger partial charge in [-0.3, -0.25) is 19.4 Å². The molecule has 0 atom stereocenters. The van der Waals surface area contributed by atoms with Gasteiger partial charge >= 0.3 is 5.97 Å². The zero-order valence-corrected chi connectivity index (χ0v) is 24.6. The van der Waals surface area contributed by atoms with Crippen molar-refractivity contribution < 1.29 is 18.7 Å². The predicted octanol–water partition coefficient (Wildman–Crippen LogP) is 4.56. The van der Waals surface area contributed by atoms with Crippen LogP contribution < -0.4 is 0 Å². The zero-order valence-electron chi connectivity index (χ0n) is 24.6. The minimum Gasteiger partial charge on any atom is -0.462 e. The molecule has 43 heavy (non-hydrogen) atoms. The lowest BCUT2D eigenvalue weighted by Gasteiger charge is -2.54. The van der Waals surface area contributed by atoms with Crippen molar-refractivity contribution in [3.63, 3.8) is 0 Å². The lowest BCUT2D eigenvalue weighted by atomic mass is 9.84. The smallest absolute Gasteiger partial charge is 0.340 e. The maximum atomic E-state index is 14.5. The van der Waals surface area contributed by atoms with E-state index in [2.05, 4.69) is 31.5 Å². The van der Waals surface area contributed by atoms with Crippen LogP contribution in [0.5, 0.6) is 0 Å². The fraction of sp³-hybridized carbons (Fsp3) is 0.469. The second kappa shape index (κ2) is 10.9. The quantitative estimate of drug-likeness (QED) is 0.302. The summed E-state index contributed by atoms with van der Waals surface area (Å²) in [5, 5.41) is 5.68. The number of nitrogens with zero attached hydrogens (tertiary/aromatic N) is 6. The second-order valence-electron chi connectivity index (χ2n) is 12.3. The Labute approximate surface area is 249 Å². The van der Waals surface area contributed by atoms with E-state index in [1.165, 1.54) is 12.3 Å². The molecule has 3 aliphatic rings.